The van der Waals surface area contributed by atoms with E-state index in [1.54, 1.807) is 0 Å². The predicted molar refractivity (Wildman–Crippen MR) is 236 cm³/mol. The van der Waals surface area contributed by atoms with Crippen molar-refractivity contribution in [1.82, 2.24) is 0 Å². The molecule has 0 saturated heterocycles. The van der Waals surface area contributed by atoms with Crippen LogP contribution in [0.25, 0.3) is 45.5 Å². The molecule has 1 heterocycles. The van der Waals surface area contributed by atoms with Gasteiger partial charge in [0, 0.05) is 0 Å². The number of fused-ring (bicyclic) bond motifs is 5. The zero-order valence-electron chi connectivity index (χ0n) is 32.2. The summed E-state index contributed by atoms with van der Waals surface area (Å²) in [6, 6.07) is 43.2. The minimum absolute atomic E-state index is 0.0888. The zero-order valence-corrected chi connectivity index (χ0v) is 37.5. The summed E-state index contributed by atoms with van der Waals surface area (Å²) in [5.74, 6) is 0. The van der Waals surface area contributed by atoms with E-state index in [9.17, 15) is 0 Å². The molecule has 1 aliphatic heterocycles. The number of aryl methyl sites for hydroxylation is 4. The monoisotopic (exact) mass is 835 g/mol. The van der Waals surface area contributed by atoms with Crippen molar-refractivity contribution in [2.24, 2.45) is 0 Å². The number of rotatable bonds is 7. The van der Waals surface area contributed by atoms with Crippen molar-refractivity contribution in [3.63, 3.8) is 0 Å². The SMILES string of the molecule is CCc1ccccc1-c1c(C)ccc2c1C=C(C)[CH]2[Zr]([Cl])([Cl])([c]1cccc2c1[SiH2]c1ccccc1-2)[CH]1C(C)=Cc2c1ccc(C)c2-c1ccccc1CC. The Labute approximate surface area is 332 Å². The van der Waals surface area contributed by atoms with Crippen molar-refractivity contribution >= 4 is 52.3 Å². The van der Waals surface area contributed by atoms with Gasteiger partial charge in [0.15, 0.2) is 0 Å². The van der Waals surface area contributed by atoms with Crippen LogP contribution in [-0.4, -0.2) is 9.52 Å². The summed E-state index contributed by atoms with van der Waals surface area (Å²) in [5, 5.41) is 2.95. The molecule has 0 fully saturated rings. The van der Waals surface area contributed by atoms with E-state index in [4.69, 9.17) is 17.0 Å². The molecule has 269 valence electrons. The van der Waals surface area contributed by atoms with E-state index < -0.39 is 25.9 Å². The molecule has 0 nitrogen and oxygen atoms in total. The molecule has 6 aromatic carbocycles. The Bertz CT molecular complexity index is 2480. The van der Waals surface area contributed by atoms with E-state index in [-0.39, 0.29) is 7.25 Å². The molecule has 9 rings (SSSR count). The van der Waals surface area contributed by atoms with Crippen molar-refractivity contribution in [2.75, 3.05) is 0 Å². The second kappa shape index (κ2) is 13.3. The Morgan fingerprint density at radius 3 is 1.50 bits per heavy atom. The Hall–Kier alpha value is -3.52. The van der Waals surface area contributed by atoms with Gasteiger partial charge in [-0.15, -0.1) is 0 Å². The van der Waals surface area contributed by atoms with Gasteiger partial charge in [0.2, 0.25) is 0 Å². The number of allylic oxidation sites excluding steroid dienone is 2. The average Bonchev–Trinajstić information content (AvgIpc) is 3.85. The average molecular weight is 838 g/mol. The van der Waals surface area contributed by atoms with E-state index >= 15 is 0 Å². The summed E-state index contributed by atoms with van der Waals surface area (Å²) in [6.45, 7) is 13.7. The van der Waals surface area contributed by atoms with Gasteiger partial charge in [-0.25, -0.2) is 0 Å². The van der Waals surface area contributed by atoms with Gasteiger partial charge in [-0.1, -0.05) is 0 Å². The maximum atomic E-state index is 9.11. The van der Waals surface area contributed by atoms with E-state index in [1.165, 1.54) is 103 Å². The van der Waals surface area contributed by atoms with Crippen LogP contribution >= 0.6 is 17.0 Å². The fourth-order valence-corrected chi connectivity index (χ4v) is 39.6. The van der Waals surface area contributed by atoms with Gasteiger partial charge in [0.1, 0.15) is 0 Å². The number of hydrogen-bond acceptors (Lipinski definition) is 0. The second-order valence-corrected chi connectivity index (χ2v) is 38.4. The Kier molecular flexibility index (Phi) is 8.91. The van der Waals surface area contributed by atoms with Crippen LogP contribution in [0.3, 0.4) is 0 Å². The summed E-state index contributed by atoms with van der Waals surface area (Å²) in [7, 11) is 17.4. The van der Waals surface area contributed by atoms with Crippen molar-refractivity contribution < 1.29 is 16.4 Å². The summed E-state index contributed by atoms with van der Waals surface area (Å²) in [6.07, 6.45) is 6.87. The fraction of sp³-hybridized carbons (Fsp3) is 0.200. The normalized spacial score (nSPS) is 18.0. The zero-order chi connectivity index (χ0) is 37.5. The van der Waals surface area contributed by atoms with Gasteiger partial charge in [-0.3, -0.25) is 0 Å². The summed E-state index contributed by atoms with van der Waals surface area (Å²) >= 11 is -5.49. The minimum atomic E-state index is -5.49. The third-order valence-corrected chi connectivity index (χ3v) is 36.2. The fourth-order valence-electron chi connectivity index (χ4n) is 10.8. The van der Waals surface area contributed by atoms with Crippen LogP contribution in [0, 0.1) is 13.8 Å². The first-order chi connectivity index (χ1) is 26.1. The predicted octanol–water partition coefficient (Wildman–Crippen LogP) is 11.8. The Morgan fingerprint density at radius 1 is 0.519 bits per heavy atom. The molecule has 0 saturated carbocycles. The molecule has 6 aromatic rings. The molecular weight excluding hydrogens is 791 g/mol. The van der Waals surface area contributed by atoms with Crippen molar-refractivity contribution in [3.05, 3.63) is 171 Å². The van der Waals surface area contributed by atoms with Gasteiger partial charge in [0.05, 0.1) is 0 Å². The molecule has 2 atom stereocenters. The third kappa shape index (κ3) is 5.16. The van der Waals surface area contributed by atoms with Gasteiger partial charge >= 0.3 is 335 Å². The number of hydrogen-bond donors (Lipinski definition) is 0. The van der Waals surface area contributed by atoms with E-state index in [2.05, 4.69) is 169 Å². The summed E-state index contributed by atoms with van der Waals surface area (Å²) in [5.41, 5.74) is 21.1. The first kappa shape index (κ1) is 36.1. The first-order valence-electron chi connectivity index (χ1n) is 19.6. The Morgan fingerprint density at radius 2 is 0.981 bits per heavy atom. The molecule has 54 heavy (non-hydrogen) atoms. The topological polar surface area (TPSA) is 0 Å². The molecule has 0 aromatic heterocycles. The maximum absolute atomic E-state index is 9.11. The van der Waals surface area contributed by atoms with Crippen molar-refractivity contribution in [3.8, 4) is 33.4 Å². The molecule has 2 aliphatic carbocycles. The van der Waals surface area contributed by atoms with Crippen LogP contribution < -0.4 is 13.6 Å². The molecule has 3 aliphatic rings. The van der Waals surface area contributed by atoms with Gasteiger partial charge < -0.3 is 0 Å². The number of halogens is 2. The molecule has 4 heteroatoms. The molecule has 0 N–H and O–H groups in total. The molecule has 2 unspecified atom stereocenters. The van der Waals surface area contributed by atoms with Gasteiger partial charge in [0.25, 0.3) is 0 Å². The molecular formula is C50H47Cl2SiZr. The summed E-state index contributed by atoms with van der Waals surface area (Å²) in [4.78, 5) is 0. The van der Waals surface area contributed by atoms with Gasteiger partial charge in [-0.2, -0.15) is 0 Å². The van der Waals surface area contributed by atoms with E-state index in [0.29, 0.717) is 0 Å². The quantitative estimate of drug-likeness (QED) is 0.140. The number of benzene rings is 6. The standard InChI is InChI=1S/2C19H19.C12H9Si.2ClH.Zr/c2*1-4-15-7-5-6-8-17(15)19-14(3)9-10-16-11-13(2)12-18(16)19;1-3-7-11-9(5-1)10-6-2-4-8-12(10)13-11;;;/h2*5-12H,4H2,1-3H3;1-7H,13H2;2*1H;/q;;;;;+2/p-2. The van der Waals surface area contributed by atoms with Crippen molar-refractivity contribution in [1.29, 1.82) is 0 Å². The third-order valence-electron chi connectivity index (χ3n) is 13.0. The van der Waals surface area contributed by atoms with Crippen LogP contribution in [0.2, 0.25) is 0 Å². The van der Waals surface area contributed by atoms with Crippen molar-refractivity contribution in [2.45, 2.75) is 61.6 Å². The van der Waals surface area contributed by atoms with Crippen LogP contribution in [0.4, 0.5) is 0 Å². The first-order valence-corrected chi connectivity index (χ1v) is 31.5. The van der Waals surface area contributed by atoms with Gasteiger partial charge in [-0.05, 0) is 0 Å². The van der Waals surface area contributed by atoms with E-state index in [1.807, 2.05) is 0 Å². The summed E-state index contributed by atoms with van der Waals surface area (Å²) < 4.78 is 1.10. The molecule has 0 radical (unpaired) electrons. The molecule has 0 spiro atoms. The molecule has 0 bridgehead atoms. The molecule has 0 amide bonds. The van der Waals surface area contributed by atoms with Crippen LogP contribution in [0.5, 0.6) is 0 Å². The second-order valence-electron chi connectivity index (χ2n) is 16.0. The van der Waals surface area contributed by atoms with Crippen LogP contribution in [0.15, 0.2) is 126 Å². The van der Waals surface area contributed by atoms with E-state index in [0.717, 1.165) is 12.8 Å². The van der Waals surface area contributed by atoms with Crippen LogP contribution in [0.1, 0.15) is 79.5 Å². The van der Waals surface area contributed by atoms with Crippen LogP contribution in [-0.2, 0) is 29.2 Å². The Balaban J connectivity index is 1.35.